The van der Waals surface area contributed by atoms with E-state index in [-0.39, 0.29) is 11.8 Å². The Morgan fingerprint density at radius 3 is 2.36 bits per heavy atom. The third-order valence-corrected chi connectivity index (χ3v) is 7.40. The van der Waals surface area contributed by atoms with Gasteiger partial charge in [-0.15, -0.1) is 0 Å². The average molecular weight is 490 g/mol. The van der Waals surface area contributed by atoms with Gasteiger partial charge in [-0.1, -0.05) is 24.2 Å². The van der Waals surface area contributed by atoms with Crippen LogP contribution in [0.1, 0.15) is 38.2 Å². The summed E-state index contributed by atoms with van der Waals surface area (Å²) in [6.45, 7) is 7.07. The number of methoxy groups -OCH3 is 1. The van der Waals surface area contributed by atoms with E-state index in [0.29, 0.717) is 24.9 Å². The fourth-order valence-corrected chi connectivity index (χ4v) is 4.95. The zero-order valence-electron chi connectivity index (χ0n) is 21.2. The SMILES string of the molecule is COc1ccc(-c2noc(N3CCC(C(=O)Nc4ccc(CN5CCC(C)CC5)cc4)CC3)n2)cc1. The molecule has 5 rings (SSSR count). The Labute approximate surface area is 212 Å². The normalized spacial score (nSPS) is 17.8. The highest BCUT2D eigenvalue weighted by Gasteiger charge is 2.28. The van der Waals surface area contributed by atoms with Gasteiger partial charge >= 0.3 is 6.01 Å². The molecule has 8 nitrogen and oxygen atoms in total. The lowest BCUT2D eigenvalue weighted by atomic mass is 9.96. The van der Waals surface area contributed by atoms with Gasteiger partial charge in [0.25, 0.3) is 0 Å². The number of hydrogen-bond acceptors (Lipinski definition) is 7. The van der Waals surface area contributed by atoms with E-state index in [4.69, 9.17) is 9.26 Å². The summed E-state index contributed by atoms with van der Waals surface area (Å²) >= 11 is 0. The largest absolute Gasteiger partial charge is 0.497 e. The van der Waals surface area contributed by atoms with Gasteiger partial charge in [-0.25, -0.2) is 0 Å². The van der Waals surface area contributed by atoms with E-state index < -0.39 is 0 Å². The van der Waals surface area contributed by atoms with Crippen LogP contribution < -0.4 is 15.0 Å². The summed E-state index contributed by atoms with van der Waals surface area (Å²) in [5.74, 6) is 2.23. The van der Waals surface area contributed by atoms with Gasteiger partial charge in [0.15, 0.2) is 0 Å². The molecule has 0 bridgehead atoms. The predicted molar refractivity (Wildman–Crippen MR) is 140 cm³/mol. The average Bonchev–Trinajstić information content (AvgIpc) is 3.42. The Morgan fingerprint density at radius 1 is 1.00 bits per heavy atom. The van der Waals surface area contributed by atoms with Gasteiger partial charge in [-0.2, -0.15) is 4.98 Å². The molecule has 2 fully saturated rings. The number of piperidine rings is 2. The highest BCUT2D eigenvalue weighted by Crippen LogP contribution is 2.27. The second kappa shape index (κ2) is 11.1. The first kappa shape index (κ1) is 24.3. The van der Waals surface area contributed by atoms with Gasteiger partial charge < -0.3 is 19.5 Å². The lowest BCUT2D eigenvalue weighted by Gasteiger charge is -2.30. The summed E-state index contributed by atoms with van der Waals surface area (Å²) in [6, 6.07) is 16.4. The third-order valence-electron chi connectivity index (χ3n) is 7.40. The van der Waals surface area contributed by atoms with Gasteiger partial charge in [0, 0.05) is 36.8 Å². The molecule has 190 valence electrons. The summed E-state index contributed by atoms with van der Waals surface area (Å²) in [4.78, 5) is 22.0. The molecule has 3 aromatic rings. The van der Waals surface area contributed by atoms with Crippen LogP contribution in [0.25, 0.3) is 11.4 Å². The molecule has 0 unspecified atom stereocenters. The van der Waals surface area contributed by atoms with E-state index in [1.54, 1.807) is 7.11 Å². The Morgan fingerprint density at radius 2 is 1.69 bits per heavy atom. The number of carbonyl (C=O) groups excluding carboxylic acids is 1. The maximum Gasteiger partial charge on any atom is 0.324 e. The van der Waals surface area contributed by atoms with E-state index in [2.05, 4.69) is 44.3 Å². The minimum atomic E-state index is -0.0275. The topological polar surface area (TPSA) is 83.7 Å². The summed E-state index contributed by atoms with van der Waals surface area (Å²) in [6.07, 6.45) is 4.06. The van der Waals surface area contributed by atoms with Gasteiger partial charge in [0.05, 0.1) is 7.11 Å². The van der Waals surface area contributed by atoms with Crippen molar-refractivity contribution in [2.45, 2.75) is 39.2 Å². The molecule has 3 heterocycles. The van der Waals surface area contributed by atoms with E-state index >= 15 is 0 Å². The van der Waals surface area contributed by atoms with Gasteiger partial charge in [-0.05, 0) is 86.7 Å². The second-order valence-electron chi connectivity index (χ2n) is 10.0. The number of hydrogen-bond donors (Lipinski definition) is 1. The highest BCUT2D eigenvalue weighted by atomic mass is 16.5. The number of ether oxygens (including phenoxy) is 1. The Hall–Kier alpha value is -3.39. The molecule has 1 aromatic heterocycles. The highest BCUT2D eigenvalue weighted by molar-refractivity contribution is 5.92. The fourth-order valence-electron chi connectivity index (χ4n) is 4.95. The molecular formula is C28H35N5O3. The van der Waals surface area contributed by atoms with Crippen molar-refractivity contribution < 1.29 is 14.1 Å². The van der Waals surface area contributed by atoms with Crippen LogP contribution in [0.3, 0.4) is 0 Å². The molecule has 8 heteroatoms. The van der Waals surface area contributed by atoms with Crippen LogP contribution >= 0.6 is 0 Å². The fraction of sp³-hybridized carbons (Fsp3) is 0.464. The number of nitrogens with one attached hydrogen (secondary N) is 1. The first-order chi connectivity index (χ1) is 17.6. The zero-order valence-corrected chi connectivity index (χ0v) is 21.2. The lowest BCUT2D eigenvalue weighted by molar-refractivity contribution is -0.120. The van der Waals surface area contributed by atoms with Crippen LogP contribution in [-0.2, 0) is 11.3 Å². The maximum atomic E-state index is 12.9. The van der Waals surface area contributed by atoms with E-state index in [1.165, 1.54) is 31.5 Å². The van der Waals surface area contributed by atoms with Crippen molar-refractivity contribution in [1.82, 2.24) is 15.0 Å². The van der Waals surface area contributed by atoms with Crippen molar-refractivity contribution >= 4 is 17.6 Å². The molecule has 2 aliphatic rings. The van der Waals surface area contributed by atoms with Crippen LogP contribution in [0.2, 0.25) is 0 Å². The third kappa shape index (κ3) is 5.87. The molecule has 36 heavy (non-hydrogen) atoms. The first-order valence-corrected chi connectivity index (χ1v) is 12.9. The number of likely N-dealkylation sites (tertiary alicyclic amines) is 1. The molecule has 2 aromatic carbocycles. The molecule has 0 spiro atoms. The molecule has 1 amide bonds. The van der Waals surface area contributed by atoms with E-state index in [0.717, 1.165) is 42.3 Å². The zero-order chi connectivity index (χ0) is 24.9. The molecule has 0 radical (unpaired) electrons. The summed E-state index contributed by atoms with van der Waals surface area (Å²) < 4.78 is 10.7. The van der Waals surface area contributed by atoms with E-state index in [9.17, 15) is 4.79 Å². The second-order valence-corrected chi connectivity index (χ2v) is 10.0. The molecule has 0 aliphatic carbocycles. The van der Waals surface area contributed by atoms with Crippen molar-refractivity contribution in [2.75, 3.05) is 43.5 Å². The van der Waals surface area contributed by atoms with Crippen LogP contribution in [0.15, 0.2) is 53.1 Å². The molecular weight excluding hydrogens is 454 g/mol. The van der Waals surface area contributed by atoms with Crippen molar-refractivity contribution in [3.63, 3.8) is 0 Å². The Balaban J connectivity index is 1.09. The molecule has 1 N–H and O–H groups in total. The molecule has 2 saturated heterocycles. The van der Waals surface area contributed by atoms with Crippen molar-refractivity contribution in [3.05, 3.63) is 54.1 Å². The molecule has 0 saturated carbocycles. The Kier molecular flexibility index (Phi) is 7.51. The quantitative estimate of drug-likeness (QED) is 0.509. The minimum Gasteiger partial charge on any atom is -0.497 e. The predicted octanol–water partition coefficient (Wildman–Crippen LogP) is 4.83. The van der Waals surface area contributed by atoms with Crippen LogP contribution in [-0.4, -0.2) is 54.2 Å². The number of nitrogens with zero attached hydrogens (tertiary/aromatic N) is 4. The van der Waals surface area contributed by atoms with Crippen LogP contribution in [0.4, 0.5) is 11.7 Å². The van der Waals surface area contributed by atoms with Crippen molar-refractivity contribution in [3.8, 4) is 17.1 Å². The van der Waals surface area contributed by atoms with Crippen molar-refractivity contribution in [2.24, 2.45) is 11.8 Å². The van der Waals surface area contributed by atoms with Crippen molar-refractivity contribution in [1.29, 1.82) is 0 Å². The monoisotopic (exact) mass is 489 g/mol. The first-order valence-electron chi connectivity index (χ1n) is 12.9. The Bertz CT molecular complexity index is 1130. The summed E-state index contributed by atoms with van der Waals surface area (Å²) in [7, 11) is 1.64. The standard InChI is InChI=1S/C28H35N5O3/c1-20-11-15-32(16-12-20)19-21-3-7-24(8-4-21)29-27(34)23-13-17-33(18-14-23)28-30-26(31-36-28)22-5-9-25(35-2)10-6-22/h3-10,20,23H,11-19H2,1-2H3,(H,29,34). The van der Waals surface area contributed by atoms with E-state index in [1.807, 2.05) is 36.4 Å². The lowest BCUT2D eigenvalue weighted by Crippen LogP contribution is -2.38. The number of anilines is 2. The summed E-state index contributed by atoms with van der Waals surface area (Å²) in [5.41, 5.74) is 3.03. The summed E-state index contributed by atoms with van der Waals surface area (Å²) in [5, 5.41) is 7.23. The number of rotatable bonds is 7. The maximum absolute atomic E-state index is 12.9. The number of benzene rings is 2. The van der Waals surface area contributed by atoms with Gasteiger partial charge in [-0.3, -0.25) is 9.69 Å². The smallest absolute Gasteiger partial charge is 0.324 e. The minimum absolute atomic E-state index is 0.0275. The van der Waals surface area contributed by atoms with Crippen LogP contribution in [0, 0.1) is 11.8 Å². The van der Waals surface area contributed by atoms with Gasteiger partial charge in [0.2, 0.25) is 11.7 Å². The van der Waals surface area contributed by atoms with Crippen LogP contribution in [0.5, 0.6) is 5.75 Å². The van der Waals surface area contributed by atoms with Gasteiger partial charge in [0.1, 0.15) is 5.75 Å². The number of aromatic nitrogens is 2. The molecule has 0 atom stereocenters. The number of amides is 1. The number of carbonyl (C=O) groups is 1. The molecule has 2 aliphatic heterocycles.